The number of nitrogens with zero attached hydrogens (tertiary/aromatic N) is 3. The number of rotatable bonds is 7. The molecule has 0 amide bonds. The first-order chi connectivity index (χ1) is 10.1. The maximum atomic E-state index is 10.7. The zero-order valence-corrected chi connectivity index (χ0v) is 12.6. The van der Waals surface area contributed by atoms with E-state index >= 15 is 0 Å². The van der Waals surface area contributed by atoms with Crippen LogP contribution >= 0.6 is 11.8 Å². The van der Waals surface area contributed by atoms with Crippen molar-refractivity contribution in [3.8, 4) is 5.69 Å². The van der Waals surface area contributed by atoms with Crippen LogP contribution in [0.1, 0.15) is 25.3 Å². The fraction of sp³-hybridized carbons (Fsp3) is 0.357. The number of carbonyl (C=O) groups is 1. The molecule has 7 heteroatoms. The van der Waals surface area contributed by atoms with Gasteiger partial charge in [-0.05, 0) is 30.5 Å². The van der Waals surface area contributed by atoms with Gasteiger partial charge in [0.1, 0.15) is 0 Å². The lowest BCUT2D eigenvalue weighted by atomic mass is 10.1. The first-order valence-corrected chi connectivity index (χ1v) is 7.75. The highest BCUT2D eigenvalue weighted by Gasteiger charge is 2.13. The molecule has 0 fully saturated rings. The number of nitrogen functional groups attached to an aromatic ring is 1. The van der Waals surface area contributed by atoms with Gasteiger partial charge in [-0.2, -0.15) is 0 Å². The summed E-state index contributed by atoms with van der Waals surface area (Å²) in [5.41, 5.74) is 7.94. The van der Waals surface area contributed by atoms with Crippen LogP contribution in [0.5, 0.6) is 0 Å². The molecule has 0 unspecified atom stereocenters. The number of aryl methyl sites for hydroxylation is 1. The topological polar surface area (TPSA) is 94.0 Å². The standard InChI is InChI=1S/C14H18N4O2S/c1-2-3-4-10-5-7-11(8-6-10)18-13(15)16-17-14(18)21-9-12(19)20/h5-8H,2-4,9H2,1H3,(H2,15,16)(H,19,20). The molecule has 0 saturated heterocycles. The Hall–Kier alpha value is -2.02. The Kier molecular flexibility index (Phi) is 5.21. The Morgan fingerprint density at radius 2 is 2.05 bits per heavy atom. The fourth-order valence-electron chi connectivity index (χ4n) is 1.94. The Labute approximate surface area is 127 Å². The van der Waals surface area contributed by atoms with E-state index in [2.05, 4.69) is 29.3 Å². The quantitative estimate of drug-likeness (QED) is 0.763. The lowest BCUT2D eigenvalue weighted by Gasteiger charge is -2.08. The summed E-state index contributed by atoms with van der Waals surface area (Å²) in [7, 11) is 0. The van der Waals surface area contributed by atoms with E-state index in [1.54, 1.807) is 4.57 Å². The highest BCUT2D eigenvalue weighted by molar-refractivity contribution is 7.99. The van der Waals surface area contributed by atoms with Gasteiger partial charge in [-0.3, -0.25) is 9.36 Å². The molecule has 0 radical (unpaired) electrons. The lowest BCUT2D eigenvalue weighted by Crippen LogP contribution is -2.04. The third kappa shape index (κ3) is 3.98. The number of unbranched alkanes of at least 4 members (excludes halogenated alkanes) is 1. The van der Waals surface area contributed by atoms with E-state index < -0.39 is 5.97 Å². The normalized spacial score (nSPS) is 10.7. The van der Waals surface area contributed by atoms with Crippen LogP contribution in [-0.4, -0.2) is 31.6 Å². The molecule has 2 aromatic rings. The minimum atomic E-state index is -0.900. The summed E-state index contributed by atoms with van der Waals surface area (Å²) in [5, 5.41) is 17.0. The van der Waals surface area contributed by atoms with Crippen molar-refractivity contribution in [2.24, 2.45) is 0 Å². The van der Waals surface area contributed by atoms with Crippen LogP contribution in [0.2, 0.25) is 0 Å². The van der Waals surface area contributed by atoms with Crippen molar-refractivity contribution in [2.75, 3.05) is 11.5 Å². The second-order valence-electron chi connectivity index (χ2n) is 4.63. The van der Waals surface area contributed by atoms with E-state index in [1.165, 1.54) is 5.56 Å². The van der Waals surface area contributed by atoms with Gasteiger partial charge in [0.15, 0.2) is 5.16 Å². The number of nitrogens with two attached hydrogens (primary N) is 1. The number of carboxylic acid groups (broad SMARTS) is 1. The second kappa shape index (κ2) is 7.12. The average Bonchev–Trinajstić information content (AvgIpc) is 2.84. The zero-order chi connectivity index (χ0) is 15.2. The zero-order valence-electron chi connectivity index (χ0n) is 11.8. The summed E-state index contributed by atoms with van der Waals surface area (Å²) in [5.74, 6) is -0.723. The van der Waals surface area contributed by atoms with Crippen LogP contribution < -0.4 is 5.73 Å². The monoisotopic (exact) mass is 306 g/mol. The van der Waals surface area contributed by atoms with Crippen LogP contribution in [0.15, 0.2) is 29.4 Å². The highest BCUT2D eigenvalue weighted by Crippen LogP contribution is 2.23. The maximum absolute atomic E-state index is 10.7. The van der Waals surface area contributed by atoms with Gasteiger partial charge < -0.3 is 10.8 Å². The average molecular weight is 306 g/mol. The van der Waals surface area contributed by atoms with Crippen molar-refractivity contribution >= 4 is 23.7 Å². The molecule has 0 aliphatic carbocycles. The van der Waals surface area contributed by atoms with Gasteiger partial charge in [-0.25, -0.2) is 0 Å². The van der Waals surface area contributed by atoms with Crippen LogP contribution in [-0.2, 0) is 11.2 Å². The van der Waals surface area contributed by atoms with E-state index in [9.17, 15) is 4.79 Å². The summed E-state index contributed by atoms with van der Waals surface area (Å²) in [6.45, 7) is 2.16. The number of thioether (sulfide) groups is 1. The lowest BCUT2D eigenvalue weighted by molar-refractivity contribution is -0.133. The molecule has 0 atom stereocenters. The molecule has 1 aromatic carbocycles. The van der Waals surface area contributed by atoms with Crippen molar-refractivity contribution in [1.82, 2.24) is 14.8 Å². The van der Waals surface area contributed by atoms with Crippen LogP contribution in [0.25, 0.3) is 5.69 Å². The van der Waals surface area contributed by atoms with E-state index in [4.69, 9.17) is 10.8 Å². The van der Waals surface area contributed by atoms with Gasteiger partial charge in [-0.1, -0.05) is 37.2 Å². The van der Waals surface area contributed by atoms with Gasteiger partial charge in [-0.15, -0.1) is 10.2 Å². The van der Waals surface area contributed by atoms with Gasteiger partial charge >= 0.3 is 5.97 Å². The maximum Gasteiger partial charge on any atom is 0.313 e. The van der Waals surface area contributed by atoms with Crippen molar-refractivity contribution in [3.63, 3.8) is 0 Å². The molecule has 0 aliphatic rings. The summed E-state index contributed by atoms with van der Waals surface area (Å²) >= 11 is 1.10. The first kappa shape index (κ1) is 15.4. The van der Waals surface area contributed by atoms with Gasteiger partial charge in [0, 0.05) is 0 Å². The molecule has 21 heavy (non-hydrogen) atoms. The molecule has 1 aromatic heterocycles. The molecule has 2 rings (SSSR count). The predicted octanol–water partition coefficient (Wildman–Crippen LogP) is 2.37. The second-order valence-corrected chi connectivity index (χ2v) is 5.57. The first-order valence-electron chi connectivity index (χ1n) is 6.76. The molecule has 0 aliphatic heterocycles. The fourth-order valence-corrected chi connectivity index (χ4v) is 2.62. The van der Waals surface area contributed by atoms with E-state index in [0.717, 1.165) is 36.7 Å². The largest absolute Gasteiger partial charge is 0.481 e. The summed E-state index contributed by atoms with van der Waals surface area (Å²) in [6, 6.07) is 8.01. The van der Waals surface area contributed by atoms with Crippen LogP contribution in [0.4, 0.5) is 5.95 Å². The number of anilines is 1. The van der Waals surface area contributed by atoms with Crippen LogP contribution in [0.3, 0.4) is 0 Å². The molecule has 1 heterocycles. The molecule has 0 spiro atoms. The Balaban J connectivity index is 2.20. The smallest absolute Gasteiger partial charge is 0.313 e. The minimum Gasteiger partial charge on any atom is -0.481 e. The van der Waals surface area contributed by atoms with Gasteiger partial charge in [0.2, 0.25) is 5.95 Å². The van der Waals surface area contributed by atoms with Gasteiger partial charge in [0.25, 0.3) is 0 Å². The number of hydrogen-bond acceptors (Lipinski definition) is 5. The third-order valence-electron chi connectivity index (χ3n) is 3.00. The van der Waals surface area contributed by atoms with Crippen molar-refractivity contribution in [3.05, 3.63) is 29.8 Å². The number of aromatic nitrogens is 3. The highest BCUT2D eigenvalue weighted by atomic mass is 32.2. The molecule has 112 valence electrons. The van der Waals surface area contributed by atoms with E-state index in [1.807, 2.05) is 12.1 Å². The van der Waals surface area contributed by atoms with Crippen molar-refractivity contribution in [2.45, 2.75) is 31.3 Å². The Morgan fingerprint density at radius 3 is 2.67 bits per heavy atom. The third-order valence-corrected chi connectivity index (χ3v) is 3.91. The molecular weight excluding hydrogens is 288 g/mol. The molecule has 0 saturated carbocycles. The number of benzene rings is 1. The summed E-state index contributed by atoms with van der Waals surface area (Å²) < 4.78 is 1.66. The van der Waals surface area contributed by atoms with E-state index in [0.29, 0.717) is 5.16 Å². The minimum absolute atomic E-state index is 0.0767. The number of hydrogen-bond donors (Lipinski definition) is 2. The Bertz CT molecular complexity index is 610. The molecule has 3 N–H and O–H groups in total. The molecular formula is C14H18N4O2S. The Morgan fingerprint density at radius 1 is 1.33 bits per heavy atom. The summed E-state index contributed by atoms with van der Waals surface area (Å²) in [6.07, 6.45) is 3.37. The van der Waals surface area contributed by atoms with Crippen LogP contribution in [0, 0.1) is 0 Å². The SMILES string of the molecule is CCCCc1ccc(-n2c(N)nnc2SCC(=O)O)cc1. The summed E-state index contributed by atoms with van der Waals surface area (Å²) in [4.78, 5) is 10.7. The molecule has 6 nitrogen and oxygen atoms in total. The predicted molar refractivity (Wildman–Crippen MR) is 82.7 cm³/mol. The number of carboxylic acids is 1. The van der Waals surface area contributed by atoms with Crippen molar-refractivity contribution < 1.29 is 9.90 Å². The van der Waals surface area contributed by atoms with Gasteiger partial charge in [0.05, 0.1) is 11.4 Å². The van der Waals surface area contributed by atoms with E-state index in [-0.39, 0.29) is 11.7 Å². The van der Waals surface area contributed by atoms with Crippen molar-refractivity contribution in [1.29, 1.82) is 0 Å². The molecule has 0 bridgehead atoms. The number of aliphatic carboxylic acids is 1.